The van der Waals surface area contributed by atoms with Crippen LogP contribution in [0.25, 0.3) is 0 Å². The Hall–Kier alpha value is -1.21. The molecule has 0 spiro atoms. The minimum atomic E-state index is -1.87. The van der Waals surface area contributed by atoms with Gasteiger partial charge in [-0.2, -0.15) is 0 Å². The van der Waals surface area contributed by atoms with E-state index < -0.39 is 8.32 Å². The van der Waals surface area contributed by atoms with Crippen molar-refractivity contribution in [1.82, 2.24) is 9.96 Å². The monoisotopic (exact) mass is 432 g/mol. The number of hydroxylamine groups is 2. The van der Waals surface area contributed by atoms with Crippen molar-refractivity contribution in [3.8, 4) is 0 Å². The van der Waals surface area contributed by atoms with Crippen LogP contribution >= 0.6 is 0 Å². The third-order valence-electron chi connectivity index (χ3n) is 7.58. The van der Waals surface area contributed by atoms with E-state index in [1.165, 1.54) is 16.2 Å². The Kier molecular flexibility index (Phi) is 7.12. The lowest BCUT2D eigenvalue weighted by Crippen LogP contribution is -2.56. The standard InChI is InChI=1S/C24H40N2O3Si/c1-24(2,3)30(6,7)29-22-17-20-11-9-8-10-19(20)16-21(22)26-14-12-18(13-15-26)23(27)25(4)28-5/h8-11,18,21-22H,12-17H2,1-7H3. The normalized spacial score (nSPS) is 23.8. The van der Waals surface area contributed by atoms with Crippen molar-refractivity contribution in [2.75, 3.05) is 27.2 Å². The van der Waals surface area contributed by atoms with Crippen molar-refractivity contribution in [3.05, 3.63) is 35.4 Å². The van der Waals surface area contributed by atoms with E-state index in [9.17, 15) is 4.79 Å². The Labute approximate surface area is 183 Å². The predicted molar refractivity (Wildman–Crippen MR) is 124 cm³/mol. The second-order valence-corrected chi connectivity index (χ2v) is 15.2. The van der Waals surface area contributed by atoms with Gasteiger partial charge in [0, 0.05) is 19.0 Å². The van der Waals surface area contributed by atoms with Crippen molar-refractivity contribution in [2.45, 2.75) is 76.7 Å². The average molecular weight is 433 g/mol. The maximum Gasteiger partial charge on any atom is 0.249 e. The van der Waals surface area contributed by atoms with E-state index in [4.69, 9.17) is 9.26 Å². The Balaban J connectivity index is 1.76. The van der Waals surface area contributed by atoms with E-state index in [1.807, 2.05) is 0 Å². The summed E-state index contributed by atoms with van der Waals surface area (Å²) in [6.45, 7) is 13.5. The molecule has 3 rings (SSSR count). The molecule has 1 heterocycles. The van der Waals surface area contributed by atoms with Gasteiger partial charge in [-0.05, 0) is 68.0 Å². The number of nitrogens with zero attached hydrogens (tertiary/aromatic N) is 2. The second kappa shape index (κ2) is 9.11. The van der Waals surface area contributed by atoms with Gasteiger partial charge in [0.2, 0.25) is 5.91 Å². The highest BCUT2D eigenvalue weighted by Crippen LogP contribution is 2.40. The van der Waals surface area contributed by atoms with E-state index in [0.717, 1.165) is 38.8 Å². The van der Waals surface area contributed by atoms with E-state index in [1.54, 1.807) is 14.2 Å². The van der Waals surface area contributed by atoms with Crippen LogP contribution in [0.15, 0.2) is 24.3 Å². The van der Waals surface area contributed by atoms with Crippen LogP contribution in [0.3, 0.4) is 0 Å². The van der Waals surface area contributed by atoms with Gasteiger partial charge < -0.3 is 4.43 Å². The lowest BCUT2D eigenvalue weighted by molar-refractivity contribution is -0.175. The van der Waals surface area contributed by atoms with Crippen LogP contribution in [0.2, 0.25) is 18.1 Å². The Morgan fingerprint density at radius 3 is 2.20 bits per heavy atom. The molecule has 1 saturated heterocycles. The molecule has 6 heteroatoms. The highest BCUT2D eigenvalue weighted by molar-refractivity contribution is 6.74. The molecule has 0 aromatic heterocycles. The first-order valence-electron chi connectivity index (χ1n) is 11.3. The number of likely N-dealkylation sites (tertiary alicyclic amines) is 1. The number of benzene rings is 1. The molecule has 1 aromatic carbocycles. The third kappa shape index (κ3) is 4.98. The average Bonchev–Trinajstić information content (AvgIpc) is 2.71. The van der Waals surface area contributed by atoms with Gasteiger partial charge in [-0.3, -0.25) is 14.5 Å². The summed E-state index contributed by atoms with van der Waals surface area (Å²) in [7, 11) is 1.38. The van der Waals surface area contributed by atoms with Crippen LogP contribution in [-0.2, 0) is 26.9 Å². The first kappa shape index (κ1) is 23.5. The molecule has 0 radical (unpaired) electrons. The number of fused-ring (bicyclic) bond motifs is 1. The number of piperidine rings is 1. The molecule has 2 aliphatic rings. The zero-order valence-corrected chi connectivity index (χ0v) is 20.9. The summed E-state index contributed by atoms with van der Waals surface area (Å²) in [6, 6.07) is 9.21. The van der Waals surface area contributed by atoms with Crippen molar-refractivity contribution in [1.29, 1.82) is 0 Å². The van der Waals surface area contributed by atoms with Crippen LogP contribution in [0, 0.1) is 5.92 Å². The summed E-state index contributed by atoms with van der Waals surface area (Å²) in [5.41, 5.74) is 2.89. The molecular formula is C24H40N2O3Si. The number of amides is 1. The van der Waals surface area contributed by atoms with Gasteiger partial charge in [0.15, 0.2) is 8.32 Å². The Morgan fingerprint density at radius 2 is 1.67 bits per heavy atom. The molecule has 2 atom stereocenters. The van der Waals surface area contributed by atoms with E-state index >= 15 is 0 Å². The van der Waals surface area contributed by atoms with Gasteiger partial charge >= 0.3 is 0 Å². The fraction of sp³-hybridized carbons (Fsp3) is 0.708. The largest absolute Gasteiger partial charge is 0.412 e. The first-order valence-corrected chi connectivity index (χ1v) is 14.2. The van der Waals surface area contributed by atoms with Crippen LogP contribution < -0.4 is 0 Å². The van der Waals surface area contributed by atoms with Crippen LogP contribution in [0.4, 0.5) is 0 Å². The van der Waals surface area contributed by atoms with Gasteiger partial charge in [0.25, 0.3) is 0 Å². The number of hydrogen-bond donors (Lipinski definition) is 0. The quantitative estimate of drug-likeness (QED) is 0.515. The molecule has 168 valence electrons. The zero-order chi connectivity index (χ0) is 22.1. The van der Waals surface area contributed by atoms with Crippen molar-refractivity contribution in [3.63, 3.8) is 0 Å². The van der Waals surface area contributed by atoms with Crippen molar-refractivity contribution >= 4 is 14.2 Å². The lowest BCUT2D eigenvalue weighted by Gasteiger charge is -2.47. The highest BCUT2D eigenvalue weighted by atomic mass is 28.4. The van der Waals surface area contributed by atoms with Gasteiger partial charge in [0.1, 0.15) is 0 Å². The molecule has 0 saturated carbocycles. The maximum atomic E-state index is 12.5. The topological polar surface area (TPSA) is 42.0 Å². The fourth-order valence-electron chi connectivity index (χ4n) is 4.53. The predicted octanol–water partition coefficient (Wildman–Crippen LogP) is 4.28. The molecule has 30 heavy (non-hydrogen) atoms. The number of rotatable bonds is 5. The minimum Gasteiger partial charge on any atom is -0.412 e. The van der Waals surface area contributed by atoms with Crippen molar-refractivity contribution in [2.24, 2.45) is 5.92 Å². The van der Waals surface area contributed by atoms with Crippen molar-refractivity contribution < 1.29 is 14.1 Å². The maximum absolute atomic E-state index is 12.5. The SMILES string of the molecule is CON(C)C(=O)C1CCN(C2Cc3ccccc3CC2O[Si](C)(C)C(C)(C)C)CC1. The Bertz CT molecular complexity index is 738. The zero-order valence-electron chi connectivity index (χ0n) is 19.9. The number of hydrogen-bond acceptors (Lipinski definition) is 4. The highest BCUT2D eigenvalue weighted by Gasteiger charge is 2.44. The molecule has 5 nitrogen and oxygen atoms in total. The molecule has 0 bridgehead atoms. The van der Waals surface area contributed by atoms with Gasteiger partial charge in [-0.1, -0.05) is 45.0 Å². The molecule has 1 fully saturated rings. The summed E-state index contributed by atoms with van der Waals surface area (Å²) in [4.78, 5) is 20.2. The number of carbonyl (C=O) groups is 1. The number of carbonyl (C=O) groups excluding carboxylic acids is 1. The fourth-order valence-corrected chi connectivity index (χ4v) is 5.88. The van der Waals surface area contributed by atoms with Gasteiger partial charge in [-0.15, -0.1) is 0 Å². The molecule has 2 unspecified atom stereocenters. The van der Waals surface area contributed by atoms with Crippen LogP contribution in [0.5, 0.6) is 0 Å². The third-order valence-corrected chi connectivity index (χ3v) is 12.1. The molecule has 0 N–H and O–H groups in total. The summed E-state index contributed by atoms with van der Waals surface area (Å²) >= 11 is 0. The Morgan fingerprint density at radius 1 is 1.10 bits per heavy atom. The first-order chi connectivity index (χ1) is 14.0. The molecule has 1 aromatic rings. The van der Waals surface area contributed by atoms with E-state index in [0.29, 0.717) is 6.04 Å². The summed E-state index contributed by atoms with van der Waals surface area (Å²) in [6.07, 6.45) is 4.01. The molecule has 1 aliphatic heterocycles. The smallest absolute Gasteiger partial charge is 0.249 e. The van der Waals surface area contributed by atoms with Gasteiger partial charge in [0.05, 0.1) is 13.2 Å². The molecular weight excluding hydrogens is 392 g/mol. The van der Waals surface area contributed by atoms with Crippen LogP contribution in [0.1, 0.15) is 44.7 Å². The summed E-state index contributed by atoms with van der Waals surface area (Å²) in [5.74, 6) is 0.155. The lowest BCUT2D eigenvalue weighted by atomic mass is 9.84. The summed E-state index contributed by atoms with van der Waals surface area (Å²) < 4.78 is 7.00. The van der Waals surface area contributed by atoms with Gasteiger partial charge in [-0.25, -0.2) is 5.06 Å². The molecule has 1 amide bonds. The van der Waals surface area contributed by atoms with E-state index in [-0.39, 0.29) is 23.0 Å². The van der Waals surface area contributed by atoms with E-state index in [2.05, 4.69) is 63.0 Å². The second-order valence-electron chi connectivity index (χ2n) is 10.5. The molecule has 1 aliphatic carbocycles. The van der Waals surface area contributed by atoms with Crippen LogP contribution in [-0.4, -0.2) is 63.6 Å². The summed E-state index contributed by atoms with van der Waals surface area (Å²) in [5, 5.41) is 1.57. The minimum absolute atomic E-state index is 0.0573.